The van der Waals surface area contributed by atoms with Gasteiger partial charge in [0.2, 0.25) is 0 Å². The zero-order valence-electron chi connectivity index (χ0n) is 10.1. The number of hydrogen-bond donors (Lipinski definition) is 1. The minimum Gasteiger partial charge on any atom is -0.345 e. The van der Waals surface area contributed by atoms with E-state index in [9.17, 15) is 4.79 Å². The molecule has 2 atom stereocenters. The van der Waals surface area contributed by atoms with Crippen LogP contribution in [-0.4, -0.2) is 11.0 Å². The zero-order chi connectivity index (χ0) is 12.8. The number of ketones is 1. The molecule has 4 nitrogen and oxygen atoms in total. The van der Waals surface area contributed by atoms with E-state index in [4.69, 9.17) is 10.5 Å². The lowest BCUT2D eigenvalue weighted by Gasteiger charge is -2.24. The van der Waals surface area contributed by atoms with Gasteiger partial charge in [0, 0.05) is 18.8 Å². The Labute approximate surface area is 96.5 Å². The highest BCUT2D eigenvalue weighted by Crippen LogP contribution is 2.32. The maximum atomic E-state index is 11.4. The Balaban J connectivity index is 4.55. The number of nitrogens with zero attached hydrogens (tertiary/aromatic N) is 1. The van der Waals surface area contributed by atoms with Gasteiger partial charge >= 0.3 is 0 Å². The second kappa shape index (κ2) is 6.29. The number of hydrogen-bond acceptors (Lipinski definition) is 4. The molecular formula is C12H19NO3. The van der Waals surface area contributed by atoms with E-state index < -0.39 is 5.41 Å². The average Bonchev–Trinajstić information content (AvgIpc) is 2.27. The van der Waals surface area contributed by atoms with E-state index in [0.717, 1.165) is 0 Å². The van der Waals surface area contributed by atoms with Gasteiger partial charge in [0.05, 0.1) is 11.5 Å². The van der Waals surface area contributed by atoms with Crippen LogP contribution >= 0.6 is 0 Å². The lowest BCUT2D eigenvalue weighted by atomic mass is 9.78. The summed E-state index contributed by atoms with van der Waals surface area (Å²) in [6, 6.07) is 2.15. The normalized spacial score (nSPS) is 15.7. The Kier molecular flexibility index (Phi) is 5.76. The summed E-state index contributed by atoms with van der Waals surface area (Å²) >= 11 is 0. The zero-order valence-corrected chi connectivity index (χ0v) is 10.1. The lowest BCUT2D eigenvalue weighted by molar-refractivity contribution is -0.207. The molecule has 0 fully saturated rings. The molecule has 0 aliphatic heterocycles. The summed E-state index contributed by atoms with van der Waals surface area (Å²) in [6.45, 7) is 8.82. The number of nitriles is 1. The van der Waals surface area contributed by atoms with Gasteiger partial charge in [0.15, 0.2) is 0 Å². The molecule has 0 bridgehead atoms. The first-order chi connectivity index (χ1) is 7.38. The molecule has 4 heteroatoms. The molecular weight excluding hydrogens is 206 g/mol. The minimum absolute atomic E-state index is 0.136. The molecule has 1 N–H and O–H groups in total. The summed E-state index contributed by atoms with van der Waals surface area (Å²) in [7, 11) is 0. The first kappa shape index (κ1) is 14.7. The van der Waals surface area contributed by atoms with E-state index in [1.54, 1.807) is 13.8 Å². The molecule has 0 rings (SSSR count). The van der Waals surface area contributed by atoms with E-state index >= 15 is 0 Å². The maximum Gasteiger partial charge on any atom is 0.136 e. The van der Waals surface area contributed by atoms with Crippen molar-refractivity contribution in [1.29, 1.82) is 5.26 Å². The highest BCUT2D eigenvalue weighted by atomic mass is 17.1. The van der Waals surface area contributed by atoms with Crippen molar-refractivity contribution in [2.75, 3.05) is 0 Å². The van der Waals surface area contributed by atoms with Crippen LogP contribution < -0.4 is 0 Å². The van der Waals surface area contributed by atoms with Gasteiger partial charge in [-0.05, 0) is 13.3 Å². The fourth-order valence-corrected chi connectivity index (χ4v) is 1.76. The number of rotatable bonds is 7. The number of carbonyl (C=O) groups is 1. The molecule has 90 valence electrons. The van der Waals surface area contributed by atoms with Crippen LogP contribution in [0.2, 0.25) is 0 Å². The quantitative estimate of drug-likeness (QED) is 0.411. The Morgan fingerprint density at radius 2 is 2.25 bits per heavy atom. The van der Waals surface area contributed by atoms with Gasteiger partial charge in [-0.3, -0.25) is 4.79 Å². The Morgan fingerprint density at radius 3 is 2.62 bits per heavy atom. The van der Waals surface area contributed by atoms with Gasteiger partial charge in [0.25, 0.3) is 0 Å². The molecule has 16 heavy (non-hydrogen) atoms. The smallest absolute Gasteiger partial charge is 0.136 e. The van der Waals surface area contributed by atoms with Crippen LogP contribution in [0.4, 0.5) is 0 Å². The van der Waals surface area contributed by atoms with Gasteiger partial charge in [-0.1, -0.05) is 20.4 Å². The van der Waals surface area contributed by atoms with Crippen LogP contribution in [0, 0.1) is 22.7 Å². The maximum absolute atomic E-state index is 11.4. The van der Waals surface area contributed by atoms with Crippen molar-refractivity contribution in [1.82, 2.24) is 0 Å². The molecule has 0 aromatic carbocycles. The Morgan fingerprint density at radius 1 is 1.69 bits per heavy atom. The van der Waals surface area contributed by atoms with Gasteiger partial charge in [-0.15, -0.1) is 0 Å². The lowest BCUT2D eigenvalue weighted by Crippen LogP contribution is -2.23. The predicted molar refractivity (Wildman–Crippen MR) is 60.3 cm³/mol. The van der Waals surface area contributed by atoms with E-state index in [1.165, 1.54) is 0 Å². The van der Waals surface area contributed by atoms with Crippen molar-refractivity contribution in [3.8, 4) is 6.07 Å². The van der Waals surface area contributed by atoms with Crippen molar-refractivity contribution in [2.24, 2.45) is 11.3 Å². The monoisotopic (exact) mass is 225 g/mol. The van der Waals surface area contributed by atoms with Crippen LogP contribution in [0.3, 0.4) is 0 Å². The van der Waals surface area contributed by atoms with Gasteiger partial charge < -0.3 is 4.89 Å². The van der Waals surface area contributed by atoms with Crippen LogP contribution in [0.5, 0.6) is 0 Å². The van der Waals surface area contributed by atoms with Crippen molar-refractivity contribution < 1.29 is 14.9 Å². The van der Waals surface area contributed by atoms with E-state index in [1.807, 2.05) is 6.92 Å². The molecule has 0 heterocycles. The van der Waals surface area contributed by atoms with Crippen LogP contribution in [0.1, 0.15) is 40.0 Å². The molecule has 0 saturated heterocycles. The third-order valence-corrected chi connectivity index (χ3v) is 2.64. The van der Waals surface area contributed by atoms with E-state index in [2.05, 4.69) is 17.5 Å². The topological polar surface area (TPSA) is 70.3 Å². The highest BCUT2D eigenvalue weighted by molar-refractivity contribution is 5.80. The summed E-state index contributed by atoms with van der Waals surface area (Å²) in [6.07, 6.45) is 1.14. The number of allylic oxidation sites excluding steroid dienone is 1. The fraction of sp³-hybridized carbons (Fsp3) is 0.667. The summed E-state index contributed by atoms with van der Waals surface area (Å²) in [4.78, 5) is 15.4. The predicted octanol–water partition coefficient (Wildman–Crippen LogP) is 2.91. The Bertz CT molecular complexity index is 306. The molecule has 0 aliphatic carbocycles. The molecule has 0 aromatic heterocycles. The summed E-state index contributed by atoms with van der Waals surface area (Å²) in [5.74, 6) is 0.110. The highest BCUT2D eigenvalue weighted by Gasteiger charge is 2.30. The first-order valence-electron chi connectivity index (χ1n) is 5.31. The molecule has 0 aliphatic rings. The molecule has 0 spiro atoms. The fourth-order valence-electron chi connectivity index (χ4n) is 1.76. The average molecular weight is 225 g/mol. The van der Waals surface area contributed by atoms with Crippen LogP contribution in [-0.2, 0) is 9.68 Å². The second-order valence-electron chi connectivity index (χ2n) is 4.40. The number of carbonyl (C=O) groups excluding carboxylic acids is 1. The van der Waals surface area contributed by atoms with Gasteiger partial charge in [-0.2, -0.15) is 5.26 Å². The largest absolute Gasteiger partial charge is 0.345 e. The summed E-state index contributed by atoms with van der Waals surface area (Å²) < 4.78 is 0. The van der Waals surface area contributed by atoms with Gasteiger partial charge in [0.1, 0.15) is 11.5 Å². The molecule has 2 unspecified atom stereocenters. The van der Waals surface area contributed by atoms with Crippen molar-refractivity contribution >= 4 is 5.78 Å². The van der Waals surface area contributed by atoms with Crippen molar-refractivity contribution in [2.45, 2.75) is 40.0 Å². The second-order valence-corrected chi connectivity index (χ2v) is 4.40. The van der Waals surface area contributed by atoms with E-state index in [0.29, 0.717) is 12.8 Å². The SMILES string of the molecule is C=C(CC(C)(C#N)CC(C)C(=O)CC)OO. The summed E-state index contributed by atoms with van der Waals surface area (Å²) in [5.41, 5.74) is -0.732. The third kappa shape index (κ3) is 4.45. The Hall–Kier alpha value is -1.34. The summed E-state index contributed by atoms with van der Waals surface area (Å²) in [5, 5.41) is 17.5. The van der Waals surface area contributed by atoms with Gasteiger partial charge in [-0.25, -0.2) is 5.26 Å². The molecule has 0 amide bonds. The standard InChI is InChI=1S/C12H19NO3/c1-5-11(14)9(2)6-12(4,8-13)7-10(3)16-15/h9,15H,3,5-7H2,1-2,4H3. The third-order valence-electron chi connectivity index (χ3n) is 2.64. The molecule has 0 aromatic rings. The van der Waals surface area contributed by atoms with Crippen LogP contribution in [0.25, 0.3) is 0 Å². The molecule has 0 radical (unpaired) electrons. The van der Waals surface area contributed by atoms with Crippen molar-refractivity contribution in [3.63, 3.8) is 0 Å². The van der Waals surface area contributed by atoms with Crippen molar-refractivity contribution in [3.05, 3.63) is 12.3 Å². The molecule has 0 saturated carbocycles. The first-order valence-corrected chi connectivity index (χ1v) is 5.31. The van der Waals surface area contributed by atoms with E-state index in [-0.39, 0.29) is 23.9 Å². The van der Waals surface area contributed by atoms with Crippen LogP contribution in [0.15, 0.2) is 12.3 Å². The minimum atomic E-state index is -0.732. The number of Topliss-reactive ketones (excluding diaryl/α,β-unsaturated/α-hetero) is 1.